The number of rotatable bonds is 10. The van der Waals surface area contributed by atoms with Crippen LogP contribution < -0.4 is 15.4 Å². The lowest BCUT2D eigenvalue weighted by Crippen LogP contribution is -2.40. The largest absolute Gasteiger partial charge is 0.497 e. The van der Waals surface area contributed by atoms with E-state index in [1.165, 1.54) is 0 Å². The normalized spacial score (nSPS) is 13.2. The van der Waals surface area contributed by atoms with Gasteiger partial charge in [0.25, 0.3) is 0 Å². The molecule has 0 radical (unpaired) electrons. The molecule has 32 heavy (non-hydrogen) atoms. The Hall–Kier alpha value is -3.26. The van der Waals surface area contributed by atoms with E-state index in [2.05, 4.69) is 39.6 Å². The van der Waals surface area contributed by atoms with Gasteiger partial charge in [-0.1, -0.05) is 45.0 Å². The SMILES string of the molecule is COc1ccc([C@H](NC(=O)CN[C@@H](c2nc(-c3ccncc3)no2)C(C)C)C(C)C)cc1. The van der Waals surface area contributed by atoms with Crippen LogP contribution in [0.25, 0.3) is 11.4 Å². The van der Waals surface area contributed by atoms with Crippen molar-refractivity contribution in [3.8, 4) is 17.1 Å². The number of pyridine rings is 1. The molecular weight excluding hydrogens is 406 g/mol. The number of hydrogen-bond donors (Lipinski definition) is 2. The number of benzene rings is 1. The molecule has 2 atom stereocenters. The third-order valence-corrected chi connectivity index (χ3v) is 5.25. The van der Waals surface area contributed by atoms with E-state index in [1.54, 1.807) is 19.5 Å². The maximum Gasteiger partial charge on any atom is 0.244 e. The van der Waals surface area contributed by atoms with E-state index in [-0.39, 0.29) is 36.4 Å². The van der Waals surface area contributed by atoms with E-state index >= 15 is 0 Å². The van der Waals surface area contributed by atoms with Crippen LogP contribution in [-0.4, -0.2) is 34.7 Å². The van der Waals surface area contributed by atoms with E-state index in [9.17, 15) is 4.79 Å². The third-order valence-electron chi connectivity index (χ3n) is 5.25. The molecule has 0 fully saturated rings. The highest BCUT2D eigenvalue weighted by molar-refractivity contribution is 5.78. The number of hydrogen-bond acceptors (Lipinski definition) is 7. The molecule has 8 nitrogen and oxygen atoms in total. The molecule has 0 spiro atoms. The molecule has 8 heteroatoms. The standard InChI is InChI=1S/C24H31N5O3/c1-15(2)21(17-6-8-19(31-5)9-7-17)27-20(30)14-26-22(16(3)4)24-28-23(29-32-24)18-10-12-25-13-11-18/h6-13,15-16,21-22,26H,14H2,1-5H3,(H,27,30)/t21-,22-/m1/s1. The summed E-state index contributed by atoms with van der Waals surface area (Å²) >= 11 is 0. The summed E-state index contributed by atoms with van der Waals surface area (Å²) in [5, 5.41) is 10.5. The van der Waals surface area contributed by atoms with Gasteiger partial charge in [0.2, 0.25) is 17.6 Å². The number of ether oxygens (including phenoxy) is 1. The first kappa shape index (κ1) is 23.4. The lowest BCUT2D eigenvalue weighted by molar-refractivity contribution is -0.121. The number of methoxy groups -OCH3 is 1. The highest BCUT2D eigenvalue weighted by atomic mass is 16.5. The van der Waals surface area contributed by atoms with E-state index < -0.39 is 0 Å². The Morgan fingerprint density at radius 3 is 2.25 bits per heavy atom. The summed E-state index contributed by atoms with van der Waals surface area (Å²) in [6.45, 7) is 8.38. The van der Waals surface area contributed by atoms with Gasteiger partial charge in [0.05, 0.1) is 25.7 Å². The molecule has 0 aliphatic heterocycles. The van der Waals surface area contributed by atoms with Crippen molar-refractivity contribution < 1.29 is 14.1 Å². The Morgan fingerprint density at radius 1 is 1.00 bits per heavy atom. The second kappa shape index (κ2) is 10.9. The quantitative estimate of drug-likeness (QED) is 0.495. The second-order valence-corrected chi connectivity index (χ2v) is 8.36. The maximum atomic E-state index is 12.8. The van der Waals surface area contributed by atoms with Gasteiger partial charge in [-0.05, 0) is 41.7 Å². The Morgan fingerprint density at radius 2 is 1.66 bits per heavy atom. The van der Waals surface area contributed by atoms with Crippen LogP contribution >= 0.6 is 0 Å². The Labute approximate surface area is 188 Å². The molecule has 2 heterocycles. The van der Waals surface area contributed by atoms with Gasteiger partial charge in [-0.3, -0.25) is 15.1 Å². The second-order valence-electron chi connectivity index (χ2n) is 8.36. The summed E-state index contributed by atoms with van der Waals surface area (Å²) < 4.78 is 10.7. The van der Waals surface area contributed by atoms with Gasteiger partial charge in [-0.15, -0.1) is 0 Å². The molecule has 1 aromatic carbocycles. The van der Waals surface area contributed by atoms with Gasteiger partial charge >= 0.3 is 0 Å². The first-order chi connectivity index (χ1) is 15.4. The van der Waals surface area contributed by atoms with Crippen molar-refractivity contribution in [2.24, 2.45) is 11.8 Å². The molecule has 0 unspecified atom stereocenters. The van der Waals surface area contributed by atoms with E-state index in [0.717, 1.165) is 16.9 Å². The lowest BCUT2D eigenvalue weighted by atomic mass is 9.96. The molecule has 2 aromatic heterocycles. The highest BCUT2D eigenvalue weighted by Crippen LogP contribution is 2.25. The van der Waals surface area contributed by atoms with Crippen LogP contribution in [0, 0.1) is 11.8 Å². The van der Waals surface area contributed by atoms with Crippen molar-refractivity contribution in [3.63, 3.8) is 0 Å². The molecule has 3 aromatic rings. The molecule has 0 saturated carbocycles. The van der Waals surface area contributed by atoms with Crippen LogP contribution in [0.4, 0.5) is 0 Å². The van der Waals surface area contributed by atoms with E-state index in [4.69, 9.17) is 9.26 Å². The van der Waals surface area contributed by atoms with E-state index in [0.29, 0.717) is 11.7 Å². The molecule has 2 N–H and O–H groups in total. The highest BCUT2D eigenvalue weighted by Gasteiger charge is 2.25. The van der Waals surface area contributed by atoms with Crippen LogP contribution in [0.15, 0.2) is 53.3 Å². The number of nitrogens with one attached hydrogen (secondary N) is 2. The molecule has 0 bridgehead atoms. The van der Waals surface area contributed by atoms with Gasteiger partial charge in [0.1, 0.15) is 5.75 Å². The van der Waals surface area contributed by atoms with Crippen LogP contribution in [0.1, 0.15) is 51.2 Å². The fourth-order valence-electron chi connectivity index (χ4n) is 3.46. The first-order valence-corrected chi connectivity index (χ1v) is 10.8. The van der Waals surface area contributed by atoms with Gasteiger partial charge in [0, 0.05) is 18.0 Å². The Bertz CT molecular complexity index is 986. The smallest absolute Gasteiger partial charge is 0.244 e. The van der Waals surface area contributed by atoms with Gasteiger partial charge in [-0.25, -0.2) is 0 Å². The van der Waals surface area contributed by atoms with Crippen LogP contribution in [-0.2, 0) is 4.79 Å². The van der Waals surface area contributed by atoms with Crippen molar-refractivity contribution in [1.29, 1.82) is 0 Å². The predicted octanol–water partition coefficient (Wildman–Crippen LogP) is 3.94. The molecule has 170 valence electrons. The first-order valence-electron chi connectivity index (χ1n) is 10.8. The van der Waals surface area contributed by atoms with Crippen molar-refractivity contribution in [3.05, 3.63) is 60.2 Å². The van der Waals surface area contributed by atoms with Gasteiger partial charge in [0.15, 0.2) is 0 Å². The minimum Gasteiger partial charge on any atom is -0.497 e. The van der Waals surface area contributed by atoms with Crippen molar-refractivity contribution in [2.75, 3.05) is 13.7 Å². The molecule has 3 rings (SSSR count). The monoisotopic (exact) mass is 437 g/mol. The summed E-state index contributed by atoms with van der Waals surface area (Å²) in [6, 6.07) is 11.1. The third kappa shape index (κ3) is 5.91. The molecular formula is C24H31N5O3. The zero-order valence-corrected chi connectivity index (χ0v) is 19.2. The minimum atomic E-state index is -0.248. The van der Waals surface area contributed by atoms with Gasteiger partial charge in [-0.2, -0.15) is 4.98 Å². The molecule has 0 saturated heterocycles. The minimum absolute atomic E-state index is 0.0981. The summed E-state index contributed by atoms with van der Waals surface area (Å²) in [4.78, 5) is 21.3. The number of amides is 1. The number of carbonyl (C=O) groups is 1. The van der Waals surface area contributed by atoms with E-state index in [1.807, 2.05) is 50.2 Å². The summed E-state index contributed by atoms with van der Waals surface area (Å²) in [6.07, 6.45) is 3.36. The summed E-state index contributed by atoms with van der Waals surface area (Å²) in [5.41, 5.74) is 1.86. The lowest BCUT2D eigenvalue weighted by Gasteiger charge is -2.24. The number of aromatic nitrogens is 3. The van der Waals surface area contributed by atoms with Crippen LogP contribution in [0.2, 0.25) is 0 Å². The summed E-state index contributed by atoms with van der Waals surface area (Å²) in [5.74, 6) is 2.02. The van der Waals surface area contributed by atoms with Gasteiger partial charge < -0.3 is 14.6 Å². The zero-order chi connectivity index (χ0) is 23.1. The molecule has 1 amide bonds. The topological polar surface area (TPSA) is 102 Å². The van der Waals surface area contributed by atoms with Crippen molar-refractivity contribution in [1.82, 2.24) is 25.8 Å². The fraction of sp³-hybridized carbons (Fsp3) is 0.417. The molecule has 0 aliphatic rings. The Balaban J connectivity index is 1.64. The number of nitrogens with zero attached hydrogens (tertiary/aromatic N) is 3. The predicted molar refractivity (Wildman–Crippen MR) is 122 cm³/mol. The van der Waals surface area contributed by atoms with Crippen LogP contribution in [0.3, 0.4) is 0 Å². The van der Waals surface area contributed by atoms with Crippen molar-refractivity contribution >= 4 is 5.91 Å². The van der Waals surface area contributed by atoms with Crippen molar-refractivity contribution in [2.45, 2.75) is 39.8 Å². The fourth-order valence-corrected chi connectivity index (χ4v) is 3.46. The number of carbonyl (C=O) groups excluding carboxylic acids is 1. The average molecular weight is 438 g/mol. The zero-order valence-electron chi connectivity index (χ0n) is 19.2. The van der Waals surface area contributed by atoms with Crippen LogP contribution in [0.5, 0.6) is 5.75 Å². The Kier molecular flexibility index (Phi) is 7.94. The molecule has 0 aliphatic carbocycles. The maximum absolute atomic E-state index is 12.8. The average Bonchev–Trinajstić information content (AvgIpc) is 3.28. The summed E-state index contributed by atoms with van der Waals surface area (Å²) in [7, 11) is 1.64.